The molecule has 1 saturated carbocycles. The molecule has 6 nitrogen and oxygen atoms in total. The number of nitrogens with zero attached hydrogens (tertiary/aromatic N) is 1. The smallest absolute Gasteiger partial charge is 0.315 e. The fourth-order valence-electron chi connectivity index (χ4n) is 4.11. The van der Waals surface area contributed by atoms with Crippen molar-refractivity contribution < 1.29 is 14.7 Å². The first-order chi connectivity index (χ1) is 10.1. The number of fused-ring (bicyclic) bond motifs is 3. The molecule has 0 radical (unpaired) electrons. The van der Waals surface area contributed by atoms with E-state index in [2.05, 4.69) is 15.5 Å². The van der Waals surface area contributed by atoms with Gasteiger partial charge in [0.25, 0.3) is 0 Å². The molecule has 3 N–H and O–H groups in total. The first-order valence-corrected chi connectivity index (χ1v) is 8.15. The Morgan fingerprint density at radius 1 is 0.952 bits per heavy atom. The van der Waals surface area contributed by atoms with Gasteiger partial charge in [-0.25, -0.2) is 4.79 Å². The molecule has 4 fully saturated rings. The van der Waals surface area contributed by atoms with Crippen LogP contribution >= 0.6 is 0 Å². The molecule has 3 heterocycles. The van der Waals surface area contributed by atoms with Crippen LogP contribution < -0.4 is 10.6 Å². The lowest BCUT2D eigenvalue weighted by Crippen LogP contribution is -2.60. The number of carboxylic acid groups (broad SMARTS) is 1. The predicted octanol–water partition coefficient (Wildman–Crippen LogP) is 1.02. The molecule has 0 aromatic carbocycles. The molecular weight excluding hydrogens is 270 g/mol. The Hall–Kier alpha value is -1.30. The summed E-state index contributed by atoms with van der Waals surface area (Å²) in [7, 11) is 0. The number of piperidine rings is 3. The van der Waals surface area contributed by atoms with Crippen LogP contribution in [0.15, 0.2) is 0 Å². The molecule has 0 aromatic heterocycles. The van der Waals surface area contributed by atoms with E-state index >= 15 is 0 Å². The summed E-state index contributed by atoms with van der Waals surface area (Å²) >= 11 is 0. The predicted molar refractivity (Wildman–Crippen MR) is 78.0 cm³/mol. The fourth-order valence-corrected chi connectivity index (χ4v) is 4.11. The average Bonchev–Trinajstić information content (AvgIpc) is 2.48. The number of carbonyl (C=O) groups is 2. The SMILES string of the molecule is O=C(NC1CN2CCC1CC2)NC1CCCCC1C(=O)O. The van der Waals surface area contributed by atoms with Crippen LogP contribution in [0, 0.1) is 11.8 Å². The Balaban J connectivity index is 1.52. The van der Waals surface area contributed by atoms with Gasteiger partial charge in [-0.15, -0.1) is 0 Å². The minimum absolute atomic E-state index is 0.188. The highest BCUT2D eigenvalue weighted by molar-refractivity contribution is 5.77. The van der Waals surface area contributed by atoms with E-state index in [-0.39, 0.29) is 18.1 Å². The zero-order valence-corrected chi connectivity index (χ0v) is 12.4. The van der Waals surface area contributed by atoms with Crippen molar-refractivity contribution >= 4 is 12.0 Å². The first-order valence-electron chi connectivity index (χ1n) is 8.15. The number of hydrogen-bond donors (Lipinski definition) is 3. The maximum Gasteiger partial charge on any atom is 0.315 e. The molecule has 118 valence electrons. The van der Waals surface area contributed by atoms with E-state index in [4.69, 9.17) is 0 Å². The van der Waals surface area contributed by atoms with Gasteiger partial charge in [0.05, 0.1) is 5.92 Å². The Morgan fingerprint density at radius 3 is 2.24 bits per heavy atom. The highest BCUT2D eigenvalue weighted by atomic mass is 16.4. The molecule has 0 spiro atoms. The third-order valence-electron chi connectivity index (χ3n) is 5.37. The molecule has 3 aliphatic heterocycles. The van der Waals surface area contributed by atoms with Crippen LogP contribution in [0.2, 0.25) is 0 Å². The minimum Gasteiger partial charge on any atom is -0.481 e. The monoisotopic (exact) mass is 295 g/mol. The largest absolute Gasteiger partial charge is 0.481 e. The molecule has 4 rings (SSSR count). The van der Waals surface area contributed by atoms with Crippen molar-refractivity contribution in [3.8, 4) is 0 Å². The van der Waals surface area contributed by atoms with Crippen LogP contribution in [0.25, 0.3) is 0 Å². The maximum absolute atomic E-state index is 12.2. The molecule has 21 heavy (non-hydrogen) atoms. The summed E-state index contributed by atoms with van der Waals surface area (Å²) in [6.07, 6.45) is 5.69. The molecule has 3 unspecified atom stereocenters. The minimum atomic E-state index is -0.789. The van der Waals surface area contributed by atoms with Gasteiger partial charge < -0.3 is 20.6 Å². The van der Waals surface area contributed by atoms with E-state index in [1.165, 1.54) is 0 Å². The Morgan fingerprint density at radius 2 is 1.62 bits per heavy atom. The Kier molecular flexibility index (Phi) is 4.33. The quantitative estimate of drug-likeness (QED) is 0.726. The zero-order chi connectivity index (χ0) is 14.8. The number of urea groups is 1. The lowest BCUT2D eigenvalue weighted by molar-refractivity contribution is -0.143. The third-order valence-corrected chi connectivity index (χ3v) is 5.37. The molecule has 3 atom stereocenters. The van der Waals surface area contributed by atoms with E-state index < -0.39 is 11.9 Å². The van der Waals surface area contributed by atoms with Gasteiger partial charge in [-0.1, -0.05) is 12.8 Å². The number of aliphatic carboxylic acids is 1. The van der Waals surface area contributed by atoms with Crippen molar-refractivity contribution in [2.75, 3.05) is 19.6 Å². The van der Waals surface area contributed by atoms with Crippen molar-refractivity contribution in [2.24, 2.45) is 11.8 Å². The summed E-state index contributed by atoms with van der Waals surface area (Å²) in [5.74, 6) is -0.638. The maximum atomic E-state index is 12.2. The van der Waals surface area contributed by atoms with Crippen molar-refractivity contribution in [2.45, 2.75) is 50.6 Å². The van der Waals surface area contributed by atoms with E-state index in [0.717, 1.165) is 51.7 Å². The van der Waals surface area contributed by atoms with Gasteiger partial charge >= 0.3 is 12.0 Å². The lowest BCUT2D eigenvalue weighted by Gasteiger charge is -2.45. The average molecular weight is 295 g/mol. The van der Waals surface area contributed by atoms with Crippen LogP contribution in [-0.2, 0) is 4.79 Å². The van der Waals surface area contributed by atoms with Gasteiger partial charge in [0.15, 0.2) is 0 Å². The van der Waals surface area contributed by atoms with Gasteiger partial charge in [0.2, 0.25) is 0 Å². The van der Waals surface area contributed by atoms with Crippen molar-refractivity contribution in [1.82, 2.24) is 15.5 Å². The molecular formula is C15H25N3O3. The Bertz CT molecular complexity index is 407. The number of amides is 2. The topological polar surface area (TPSA) is 81.7 Å². The second-order valence-corrected chi connectivity index (χ2v) is 6.70. The van der Waals surface area contributed by atoms with E-state index in [9.17, 15) is 14.7 Å². The third kappa shape index (κ3) is 3.31. The zero-order valence-electron chi connectivity index (χ0n) is 12.4. The van der Waals surface area contributed by atoms with E-state index in [1.54, 1.807) is 0 Å². The van der Waals surface area contributed by atoms with Crippen molar-refractivity contribution in [3.05, 3.63) is 0 Å². The Labute approximate surface area is 125 Å². The summed E-state index contributed by atoms with van der Waals surface area (Å²) in [4.78, 5) is 25.8. The van der Waals surface area contributed by atoms with Crippen LogP contribution in [0.1, 0.15) is 38.5 Å². The summed E-state index contributed by atoms with van der Waals surface area (Å²) < 4.78 is 0. The van der Waals surface area contributed by atoms with E-state index in [0.29, 0.717) is 12.3 Å². The van der Waals surface area contributed by atoms with Crippen LogP contribution in [0.5, 0.6) is 0 Å². The summed E-state index contributed by atoms with van der Waals surface area (Å²) in [5.41, 5.74) is 0. The van der Waals surface area contributed by atoms with Crippen LogP contribution in [0.3, 0.4) is 0 Å². The van der Waals surface area contributed by atoms with Crippen LogP contribution in [0.4, 0.5) is 4.79 Å². The highest BCUT2D eigenvalue weighted by Crippen LogP contribution is 2.28. The fraction of sp³-hybridized carbons (Fsp3) is 0.867. The van der Waals surface area contributed by atoms with Crippen molar-refractivity contribution in [1.29, 1.82) is 0 Å². The van der Waals surface area contributed by atoms with Gasteiger partial charge in [0, 0.05) is 18.6 Å². The first kappa shape index (κ1) is 14.6. The molecule has 2 amide bonds. The number of nitrogens with one attached hydrogen (secondary N) is 2. The standard InChI is InChI=1S/C15H25N3O3/c19-14(20)11-3-1-2-4-12(11)16-15(21)17-13-9-18-7-5-10(13)6-8-18/h10-13H,1-9H2,(H,19,20)(H2,16,17,21). The lowest BCUT2D eigenvalue weighted by atomic mass is 9.83. The molecule has 4 aliphatic rings. The number of rotatable bonds is 3. The number of carboxylic acids is 1. The molecule has 3 saturated heterocycles. The van der Waals surface area contributed by atoms with Gasteiger partial charge in [-0.05, 0) is 44.7 Å². The second-order valence-electron chi connectivity index (χ2n) is 6.70. The summed E-state index contributed by atoms with van der Waals surface area (Å²) in [6.45, 7) is 3.23. The summed E-state index contributed by atoms with van der Waals surface area (Å²) in [5, 5.41) is 15.2. The number of carbonyl (C=O) groups excluding carboxylic acids is 1. The molecule has 2 bridgehead atoms. The van der Waals surface area contributed by atoms with Gasteiger partial charge in [-0.2, -0.15) is 0 Å². The van der Waals surface area contributed by atoms with Crippen molar-refractivity contribution in [3.63, 3.8) is 0 Å². The number of hydrogen-bond acceptors (Lipinski definition) is 3. The van der Waals surface area contributed by atoms with E-state index in [1.807, 2.05) is 0 Å². The molecule has 1 aliphatic carbocycles. The summed E-state index contributed by atoms with van der Waals surface area (Å²) in [6, 6.07) is -0.191. The van der Waals surface area contributed by atoms with Gasteiger partial charge in [0.1, 0.15) is 0 Å². The van der Waals surface area contributed by atoms with Crippen LogP contribution in [-0.4, -0.2) is 53.7 Å². The molecule has 0 aromatic rings. The second kappa shape index (κ2) is 6.22. The van der Waals surface area contributed by atoms with Gasteiger partial charge in [-0.3, -0.25) is 4.79 Å². The highest BCUT2D eigenvalue weighted by Gasteiger charge is 2.36. The normalized spacial score (nSPS) is 38.8. The molecule has 6 heteroatoms.